The Balaban J connectivity index is 1.35. The molecule has 2 aliphatic heterocycles. The molecule has 146 valence electrons. The van der Waals surface area contributed by atoms with E-state index in [1.54, 1.807) is 35.2 Å². The summed E-state index contributed by atoms with van der Waals surface area (Å²) in [6.45, 7) is 2.16. The molecule has 2 aliphatic rings. The van der Waals surface area contributed by atoms with Gasteiger partial charge in [0.15, 0.2) is 0 Å². The second-order valence-electron chi connectivity index (χ2n) is 6.76. The van der Waals surface area contributed by atoms with Gasteiger partial charge in [-0.05, 0) is 30.3 Å². The van der Waals surface area contributed by atoms with Crippen molar-refractivity contribution in [3.63, 3.8) is 0 Å². The summed E-state index contributed by atoms with van der Waals surface area (Å²) < 4.78 is 14.0. The number of halogens is 2. The molecule has 2 aromatic carbocycles. The van der Waals surface area contributed by atoms with E-state index in [4.69, 9.17) is 11.6 Å². The molecule has 1 unspecified atom stereocenters. The number of thioether (sulfide) groups is 1. The molecule has 0 aromatic heterocycles. The number of nitrogens with zero attached hydrogens (tertiary/aromatic N) is 2. The molecule has 0 aliphatic carbocycles. The number of anilines is 2. The lowest BCUT2D eigenvalue weighted by atomic mass is 10.2. The van der Waals surface area contributed by atoms with E-state index >= 15 is 0 Å². The lowest BCUT2D eigenvalue weighted by Gasteiger charge is -2.37. The SMILES string of the molecule is O=C1Nc2cc(Cl)ccc2SC1CC(=O)N1CCN(c2ccccc2F)CC1. The van der Waals surface area contributed by atoms with E-state index in [9.17, 15) is 14.0 Å². The minimum absolute atomic E-state index is 0.0572. The molecule has 2 aromatic rings. The van der Waals surface area contributed by atoms with Crippen molar-refractivity contribution in [3.05, 3.63) is 53.3 Å². The Morgan fingerprint density at radius 2 is 1.93 bits per heavy atom. The third-order valence-electron chi connectivity index (χ3n) is 4.95. The van der Waals surface area contributed by atoms with Crippen LogP contribution in [0, 0.1) is 5.82 Å². The lowest BCUT2D eigenvalue weighted by Crippen LogP contribution is -2.50. The van der Waals surface area contributed by atoms with E-state index < -0.39 is 5.25 Å². The van der Waals surface area contributed by atoms with Crippen molar-refractivity contribution in [3.8, 4) is 0 Å². The van der Waals surface area contributed by atoms with Gasteiger partial charge in [0.25, 0.3) is 0 Å². The number of hydrogen-bond donors (Lipinski definition) is 1. The first-order chi connectivity index (χ1) is 13.5. The number of rotatable bonds is 3. The van der Waals surface area contributed by atoms with Gasteiger partial charge in [0.2, 0.25) is 11.8 Å². The van der Waals surface area contributed by atoms with Crippen LogP contribution in [0.1, 0.15) is 6.42 Å². The molecular formula is C20H19ClFN3O2S. The molecule has 0 saturated carbocycles. The van der Waals surface area contributed by atoms with Crippen molar-refractivity contribution in [2.45, 2.75) is 16.6 Å². The first-order valence-electron chi connectivity index (χ1n) is 9.05. The smallest absolute Gasteiger partial charge is 0.238 e. The second-order valence-corrected chi connectivity index (χ2v) is 8.44. The van der Waals surface area contributed by atoms with Crippen molar-refractivity contribution >= 4 is 46.6 Å². The number of carbonyl (C=O) groups is 2. The summed E-state index contributed by atoms with van der Waals surface area (Å²) in [7, 11) is 0. The van der Waals surface area contributed by atoms with E-state index in [-0.39, 0.29) is 24.1 Å². The zero-order valence-electron chi connectivity index (χ0n) is 15.0. The summed E-state index contributed by atoms with van der Waals surface area (Å²) in [6.07, 6.45) is 0.137. The summed E-state index contributed by atoms with van der Waals surface area (Å²) in [5, 5.41) is 2.92. The molecule has 2 heterocycles. The predicted molar refractivity (Wildman–Crippen MR) is 110 cm³/mol. The normalized spacial score (nSPS) is 19.2. The Morgan fingerprint density at radius 3 is 2.68 bits per heavy atom. The Kier molecular flexibility index (Phi) is 5.46. The number of fused-ring (bicyclic) bond motifs is 1. The standard InChI is InChI=1S/C20H19ClFN3O2S/c21-13-5-6-17-15(11-13)23-20(27)18(28-17)12-19(26)25-9-7-24(8-10-25)16-4-2-1-3-14(16)22/h1-6,11,18H,7-10,12H2,(H,23,27). The van der Waals surface area contributed by atoms with Gasteiger partial charge in [0.1, 0.15) is 5.82 Å². The van der Waals surface area contributed by atoms with Gasteiger partial charge in [-0.3, -0.25) is 9.59 Å². The van der Waals surface area contributed by atoms with Crippen LogP contribution in [-0.2, 0) is 9.59 Å². The summed E-state index contributed by atoms with van der Waals surface area (Å²) in [6, 6.07) is 12.0. The van der Waals surface area contributed by atoms with Gasteiger partial charge >= 0.3 is 0 Å². The van der Waals surface area contributed by atoms with Gasteiger partial charge in [-0.2, -0.15) is 0 Å². The predicted octanol–water partition coefficient (Wildman–Crippen LogP) is 3.63. The van der Waals surface area contributed by atoms with E-state index in [1.807, 2.05) is 11.0 Å². The molecule has 28 heavy (non-hydrogen) atoms. The number of amides is 2. The fourth-order valence-electron chi connectivity index (χ4n) is 3.45. The Bertz CT molecular complexity index is 918. The van der Waals surface area contributed by atoms with Gasteiger partial charge in [-0.1, -0.05) is 23.7 Å². The number of nitrogens with one attached hydrogen (secondary N) is 1. The number of para-hydroxylation sites is 1. The molecule has 5 nitrogen and oxygen atoms in total. The molecule has 8 heteroatoms. The Hall–Kier alpha value is -2.25. The van der Waals surface area contributed by atoms with Gasteiger partial charge < -0.3 is 15.1 Å². The summed E-state index contributed by atoms with van der Waals surface area (Å²) in [5.74, 6) is -0.493. The first-order valence-corrected chi connectivity index (χ1v) is 10.3. The van der Waals surface area contributed by atoms with Gasteiger partial charge in [0.05, 0.1) is 16.6 Å². The average Bonchev–Trinajstić information content (AvgIpc) is 2.69. The molecule has 4 rings (SSSR count). The molecule has 0 spiro atoms. The molecule has 0 bridgehead atoms. The molecule has 0 radical (unpaired) electrons. The van der Waals surface area contributed by atoms with Crippen molar-refractivity contribution in [2.24, 2.45) is 0 Å². The van der Waals surface area contributed by atoms with Crippen LogP contribution in [0.2, 0.25) is 5.02 Å². The molecule has 1 N–H and O–H groups in total. The molecular weight excluding hydrogens is 401 g/mol. The van der Waals surface area contributed by atoms with E-state index in [0.29, 0.717) is 42.6 Å². The number of hydrogen-bond acceptors (Lipinski definition) is 4. The zero-order valence-corrected chi connectivity index (χ0v) is 16.6. The molecule has 1 saturated heterocycles. The summed E-state index contributed by atoms with van der Waals surface area (Å²) in [5.41, 5.74) is 1.25. The average molecular weight is 420 g/mol. The molecule has 1 fully saturated rings. The Morgan fingerprint density at radius 1 is 1.18 bits per heavy atom. The molecule has 1 atom stereocenters. The Labute approximate surface area is 171 Å². The maximum absolute atomic E-state index is 14.0. The van der Waals surface area contributed by atoms with Crippen LogP contribution in [0.3, 0.4) is 0 Å². The lowest BCUT2D eigenvalue weighted by molar-refractivity contribution is -0.132. The largest absolute Gasteiger partial charge is 0.366 e. The van der Waals surface area contributed by atoms with E-state index in [0.717, 1.165) is 4.90 Å². The summed E-state index contributed by atoms with van der Waals surface area (Å²) >= 11 is 7.35. The van der Waals surface area contributed by atoms with Crippen LogP contribution in [0.15, 0.2) is 47.4 Å². The van der Waals surface area contributed by atoms with Crippen molar-refractivity contribution in [2.75, 3.05) is 36.4 Å². The minimum atomic E-state index is -0.467. The molecule has 2 amide bonds. The number of benzene rings is 2. The van der Waals surface area contributed by atoms with E-state index in [2.05, 4.69) is 5.32 Å². The highest BCUT2D eigenvalue weighted by Crippen LogP contribution is 2.38. The van der Waals surface area contributed by atoms with E-state index in [1.165, 1.54) is 17.8 Å². The zero-order chi connectivity index (χ0) is 19.7. The fourth-order valence-corrected chi connectivity index (χ4v) is 4.70. The van der Waals surface area contributed by atoms with Crippen LogP contribution < -0.4 is 10.2 Å². The van der Waals surface area contributed by atoms with Crippen LogP contribution >= 0.6 is 23.4 Å². The van der Waals surface area contributed by atoms with Crippen molar-refractivity contribution in [1.82, 2.24) is 4.90 Å². The van der Waals surface area contributed by atoms with Crippen molar-refractivity contribution in [1.29, 1.82) is 0 Å². The third-order valence-corrected chi connectivity index (χ3v) is 6.46. The van der Waals surface area contributed by atoms with Gasteiger partial charge in [-0.25, -0.2) is 4.39 Å². The van der Waals surface area contributed by atoms with Crippen LogP contribution in [0.5, 0.6) is 0 Å². The minimum Gasteiger partial charge on any atom is -0.366 e. The fraction of sp³-hybridized carbons (Fsp3) is 0.300. The van der Waals surface area contributed by atoms with Crippen molar-refractivity contribution < 1.29 is 14.0 Å². The van der Waals surface area contributed by atoms with Crippen LogP contribution in [-0.4, -0.2) is 48.1 Å². The van der Waals surface area contributed by atoms with Crippen LogP contribution in [0.4, 0.5) is 15.8 Å². The highest BCUT2D eigenvalue weighted by Gasteiger charge is 2.31. The number of piperazine rings is 1. The highest BCUT2D eigenvalue weighted by molar-refractivity contribution is 8.01. The number of carbonyl (C=O) groups excluding carboxylic acids is 2. The summed E-state index contributed by atoms with van der Waals surface area (Å²) in [4.78, 5) is 29.7. The maximum atomic E-state index is 14.0. The third kappa shape index (κ3) is 3.95. The van der Waals surface area contributed by atoms with Gasteiger partial charge in [0, 0.05) is 42.5 Å². The first kappa shape index (κ1) is 19.1. The quantitative estimate of drug-likeness (QED) is 0.825. The highest BCUT2D eigenvalue weighted by atomic mass is 35.5. The monoisotopic (exact) mass is 419 g/mol. The maximum Gasteiger partial charge on any atom is 0.238 e. The van der Waals surface area contributed by atoms with Gasteiger partial charge in [-0.15, -0.1) is 11.8 Å². The second kappa shape index (κ2) is 8.01. The topological polar surface area (TPSA) is 52.7 Å². The van der Waals surface area contributed by atoms with Crippen LogP contribution in [0.25, 0.3) is 0 Å².